The van der Waals surface area contributed by atoms with Gasteiger partial charge in [-0.3, -0.25) is 0 Å². The van der Waals surface area contributed by atoms with E-state index in [1.54, 1.807) is 11.3 Å². The molecule has 1 nitrogen and oxygen atoms in total. The number of halogens is 1. The minimum Gasteiger partial charge on any atom is -0.388 e. The van der Waals surface area contributed by atoms with Crippen LogP contribution in [-0.2, 0) is 0 Å². The fourth-order valence-electron chi connectivity index (χ4n) is 1.96. The zero-order chi connectivity index (χ0) is 11.3. The number of aliphatic hydroxyl groups is 1. The summed E-state index contributed by atoms with van der Waals surface area (Å²) in [7, 11) is 0. The minimum absolute atomic E-state index is 0.300. The average Bonchev–Trinajstić information content (AvgIpc) is 2.63. The summed E-state index contributed by atoms with van der Waals surface area (Å²) < 4.78 is 1.05. The largest absolute Gasteiger partial charge is 0.388 e. The van der Waals surface area contributed by atoms with Crippen LogP contribution in [0.15, 0.2) is 15.2 Å². The molecule has 1 aromatic heterocycles. The van der Waals surface area contributed by atoms with Gasteiger partial charge in [0.25, 0.3) is 0 Å². The SMILES string of the molecule is CCCC(CCC)C(O)c1cscc1Br. The Kier molecular flexibility index (Phi) is 5.87. The van der Waals surface area contributed by atoms with Crippen molar-refractivity contribution in [2.24, 2.45) is 5.92 Å². The third-order valence-corrected chi connectivity index (χ3v) is 4.48. The van der Waals surface area contributed by atoms with Gasteiger partial charge in [0.05, 0.1) is 6.10 Å². The summed E-state index contributed by atoms with van der Waals surface area (Å²) in [4.78, 5) is 0. The van der Waals surface area contributed by atoms with E-state index in [-0.39, 0.29) is 6.10 Å². The molecule has 0 bridgehead atoms. The Labute approximate surface area is 105 Å². The second-order valence-corrected chi connectivity index (χ2v) is 5.56. The lowest BCUT2D eigenvalue weighted by atomic mass is 9.89. The van der Waals surface area contributed by atoms with E-state index in [9.17, 15) is 5.11 Å². The highest BCUT2D eigenvalue weighted by Gasteiger charge is 2.21. The Morgan fingerprint density at radius 1 is 1.27 bits per heavy atom. The molecule has 1 atom stereocenters. The molecule has 0 fully saturated rings. The van der Waals surface area contributed by atoms with Crippen LogP contribution in [0.3, 0.4) is 0 Å². The number of thiophene rings is 1. The van der Waals surface area contributed by atoms with E-state index in [1.807, 2.05) is 10.8 Å². The van der Waals surface area contributed by atoms with Crippen LogP contribution in [0.5, 0.6) is 0 Å². The van der Waals surface area contributed by atoms with Crippen molar-refractivity contribution in [3.05, 3.63) is 20.8 Å². The van der Waals surface area contributed by atoms with Gasteiger partial charge in [0, 0.05) is 15.4 Å². The maximum Gasteiger partial charge on any atom is 0.0837 e. The summed E-state index contributed by atoms with van der Waals surface area (Å²) in [5, 5.41) is 14.4. The van der Waals surface area contributed by atoms with Gasteiger partial charge in [0.1, 0.15) is 0 Å². The van der Waals surface area contributed by atoms with E-state index in [1.165, 1.54) is 0 Å². The van der Waals surface area contributed by atoms with Crippen molar-refractivity contribution >= 4 is 27.3 Å². The topological polar surface area (TPSA) is 20.2 Å². The first-order valence-electron chi connectivity index (χ1n) is 5.60. The molecule has 15 heavy (non-hydrogen) atoms. The summed E-state index contributed by atoms with van der Waals surface area (Å²) in [6.45, 7) is 4.36. The Bertz CT molecular complexity index is 279. The zero-order valence-corrected chi connectivity index (χ0v) is 11.8. The van der Waals surface area contributed by atoms with E-state index in [0.29, 0.717) is 5.92 Å². The predicted octanol–water partition coefficient (Wildman–Crippen LogP) is 4.76. The molecule has 0 aliphatic rings. The molecule has 0 radical (unpaired) electrons. The number of aliphatic hydroxyl groups excluding tert-OH is 1. The molecule has 1 aromatic rings. The van der Waals surface area contributed by atoms with Crippen LogP contribution in [-0.4, -0.2) is 5.11 Å². The van der Waals surface area contributed by atoms with Crippen molar-refractivity contribution in [2.45, 2.75) is 45.6 Å². The van der Waals surface area contributed by atoms with E-state index < -0.39 is 0 Å². The van der Waals surface area contributed by atoms with Crippen LogP contribution < -0.4 is 0 Å². The molecule has 0 aromatic carbocycles. The monoisotopic (exact) mass is 290 g/mol. The summed E-state index contributed by atoms with van der Waals surface area (Å²) in [5.41, 5.74) is 1.06. The van der Waals surface area contributed by atoms with Gasteiger partial charge >= 0.3 is 0 Å². The molecule has 0 spiro atoms. The van der Waals surface area contributed by atoms with Crippen LogP contribution in [0.4, 0.5) is 0 Å². The smallest absolute Gasteiger partial charge is 0.0837 e. The lowest BCUT2D eigenvalue weighted by Gasteiger charge is -2.21. The average molecular weight is 291 g/mol. The Morgan fingerprint density at radius 3 is 2.27 bits per heavy atom. The molecule has 1 heterocycles. The summed E-state index contributed by atoms with van der Waals surface area (Å²) >= 11 is 5.13. The van der Waals surface area contributed by atoms with E-state index in [4.69, 9.17) is 0 Å². The molecule has 1 unspecified atom stereocenters. The van der Waals surface area contributed by atoms with Gasteiger partial charge in [-0.2, -0.15) is 11.3 Å². The Hall–Kier alpha value is 0.140. The van der Waals surface area contributed by atoms with Crippen LogP contribution in [0, 0.1) is 5.92 Å². The molecule has 0 saturated carbocycles. The first-order valence-corrected chi connectivity index (χ1v) is 7.33. The second-order valence-electron chi connectivity index (χ2n) is 3.96. The van der Waals surface area contributed by atoms with Crippen molar-refractivity contribution in [1.82, 2.24) is 0 Å². The molecular formula is C12H19BrOS. The number of rotatable bonds is 6. The quantitative estimate of drug-likeness (QED) is 0.801. The van der Waals surface area contributed by atoms with Gasteiger partial charge in [-0.1, -0.05) is 26.7 Å². The molecule has 1 rings (SSSR count). The van der Waals surface area contributed by atoms with Gasteiger partial charge in [0.15, 0.2) is 0 Å². The maximum absolute atomic E-state index is 10.3. The number of hydrogen-bond donors (Lipinski definition) is 1. The van der Waals surface area contributed by atoms with Crippen LogP contribution >= 0.6 is 27.3 Å². The van der Waals surface area contributed by atoms with Crippen molar-refractivity contribution < 1.29 is 5.11 Å². The second kappa shape index (κ2) is 6.66. The number of hydrogen-bond acceptors (Lipinski definition) is 2. The molecule has 3 heteroatoms. The van der Waals surface area contributed by atoms with E-state index >= 15 is 0 Å². The zero-order valence-electron chi connectivity index (χ0n) is 9.37. The highest BCUT2D eigenvalue weighted by Crippen LogP contribution is 2.35. The first-order chi connectivity index (χ1) is 7.20. The third kappa shape index (κ3) is 3.58. The van der Waals surface area contributed by atoms with Gasteiger partial charge in [0.2, 0.25) is 0 Å². The fourth-order valence-corrected chi connectivity index (χ4v) is 3.52. The van der Waals surface area contributed by atoms with Gasteiger partial charge in [-0.25, -0.2) is 0 Å². The lowest BCUT2D eigenvalue weighted by Crippen LogP contribution is -2.12. The van der Waals surface area contributed by atoms with Crippen LogP contribution in [0.25, 0.3) is 0 Å². The summed E-state index contributed by atoms with van der Waals surface area (Å²) in [6, 6.07) is 0. The Morgan fingerprint density at radius 2 is 1.87 bits per heavy atom. The Balaban J connectivity index is 2.71. The van der Waals surface area contributed by atoms with Crippen molar-refractivity contribution in [1.29, 1.82) is 0 Å². The standard InChI is InChI=1S/C12H19BrOS/c1-3-5-9(6-4-2)12(14)10-7-15-8-11(10)13/h7-9,12,14H,3-6H2,1-2H3. The minimum atomic E-state index is -0.300. The molecule has 1 N–H and O–H groups in total. The third-order valence-electron chi connectivity index (χ3n) is 2.73. The molecule has 0 aliphatic heterocycles. The van der Waals surface area contributed by atoms with E-state index in [0.717, 1.165) is 35.7 Å². The van der Waals surface area contributed by atoms with Gasteiger partial charge in [-0.15, -0.1) is 0 Å². The van der Waals surface area contributed by atoms with Crippen LogP contribution in [0.2, 0.25) is 0 Å². The fraction of sp³-hybridized carbons (Fsp3) is 0.667. The molecule has 86 valence electrons. The van der Waals surface area contributed by atoms with Gasteiger partial charge < -0.3 is 5.11 Å². The van der Waals surface area contributed by atoms with Crippen LogP contribution in [0.1, 0.15) is 51.2 Å². The van der Waals surface area contributed by atoms with Gasteiger partial charge in [-0.05, 0) is 40.1 Å². The molecule has 0 saturated heterocycles. The van der Waals surface area contributed by atoms with Crippen molar-refractivity contribution in [3.8, 4) is 0 Å². The molecular weight excluding hydrogens is 272 g/mol. The normalized spacial score (nSPS) is 13.4. The van der Waals surface area contributed by atoms with E-state index in [2.05, 4.69) is 29.8 Å². The highest BCUT2D eigenvalue weighted by atomic mass is 79.9. The maximum atomic E-state index is 10.3. The lowest BCUT2D eigenvalue weighted by molar-refractivity contribution is 0.0962. The molecule has 0 aliphatic carbocycles. The predicted molar refractivity (Wildman–Crippen MR) is 70.3 cm³/mol. The summed E-state index contributed by atoms with van der Waals surface area (Å²) in [6.07, 6.45) is 4.20. The van der Waals surface area contributed by atoms with Crippen molar-refractivity contribution in [2.75, 3.05) is 0 Å². The first kappa shape index (κ1) is 13.2. The highest BCUT2D eigenvalue weighted by molar-refractivity contribution is 9.10. The van der Waals surface area contributed by atoms with Crippen molar-refractivity contribution in [3.63, 3.8) is 0 Å². The molecule has 0 amide bonds. The summed E-state index contributed by atoms with van der Waals surface area (Å²) in [5.74, 6) is 0.408.